The van der Waals surface area contributed by atoms with Gasteiger partial charge in [-0.1, -0.05) is 24.3 Å². The Morgan fingerprint density at radius 1 is 1.18 bits per heavy atom. The van der Waals surface area contributed by atoms with Gasteiger partial charge in [0.25, 0.3) is 0 Å². The van der Waals surface area contributed by atoms with Gasteiger partial charge in [0.1, 0.15) is 17.7 Å². The number of guanidine groups is 1. The van der Waals surface area contributed by atoms with Crippen LogP contribution in [0, 0.1) is 5.82 Å². The van der Waals surface area contributed by atoms with Crippen LogP contribution in [-0.2, 0) is 16.6 Å². The molecule has 1 atom stereocenters. The van der Waals surface area contributed by atoms with Crippen LogP contribution in [0.15, 0.2) is 53.5 Å². The highest BCUT2D eigenvalue weighted by molar-refractivity contribution is 7.92. The van der Waals surface area contributed by atoms with E-state index in [1.807, 2.05) is 19.1 Å². The summed E-state index contributed by atoms with van der Waals surface area (Å²) in [7, 11) is -1.73. The van der Waals surface area contributed by atoms with Crippen LogP contribution in [0.1, 0.15) is 12.5 Å². The van der Waals surface area contributed by atoms with Gasteiger partial charge < -0.3 is 15.4 Å². The number of hydrogen-bond donors (Lipinski definition) is 3. The Morgan fingerprint density at radius 3 is 2.61 bits per heavy atom. The van der Waals surface area contributed by atoms with Crippen LogP contribution in [0.25, 0.3) is 0 Å². The van der Waals surface area contributed by atoms with Crippen molar-refractivity contribution >= 4 is 21.7 Å². The zero-order chi connectivity index (χ0) is 20.6. The number of nitrogens with one attached hydrogen (secondary N) is 3. The summed E-state index contributed by atoms with van der Waals surface area (Å²) in [5.41, 5.74) is 1.29. The maximum Gasteiger partial charge on any atom is 0.229 e. The summed E-state index contributed by atoms with van der Waals surface area (Å²) in [5.74, 6) is 0.637. The van der Waals surface area contributed by atoms with Gasteiger partial charge in [-0.2, -0.15) is 0 Å². The van der Waals surface area contributed by atoms with Crippen molar-refractivity contribution in [1.29, 1.82) is 0 Å². The molecule has 28 heavy (non-hydrogen) atoms. The fourth-order valence-corrected chi connectivity index (χ4v) is 3.03. The Morgan fingerprint density at radius 2 is 1.93 bits per heavy atom. The van der Waals surface area contributed by atoms with Crippen molar-refractivity contribution in [3.8, 4) is 5.75 Å². The number of benzene rings is 2. The number of anilines is 1. The van der Waals surface area contributed by atoms with Crippen LogP contribution in [0.3, 0.4) is 0 Å². The number of sulfonamides is 1. The molecule has 7 nitrogen and oxygen atoms in total. The maximum absolute atomic E-state index is 13.2. The van der Waals surface area contributed by atoms with E-state index >= 15 is 0 Å². The zero-order valence-corrected chi connectivity index (χ0v) is 16.9. The molecule has 0 aliphatic heterocycles. The summed E-state index contributed by atoms with van der Waals surface area (Å²) in [5, 5.41) is 6.25. The van der Waals surface area contributed by atoms with E-state index in [2.05, 4.69) is 20.3 Å². The number of halogens is 1. The van der Waals surface area contributed by atoms with Crippen LogP contribution in [-0.4, -0.2) is 40.3 Å². The van der Waals surface area contributed by atoms with E-state index in [9.17, 15) is 12.8 Å². The lowest BCUT2D eigenvalue weighted by Crippen LogP contribution is -2.41. The van der Waals surface area contributed by atoms with Crippen molar-refractivity contribution in [2.45, 2.75) is 19.6 Å². The lowest BCUT2D eigenvalue weighted by atomic mass is 10.2. The largest absolute Gasteiger partial charge is 0.489 e. The third-order valence-corrected chi connectivity index (χ3v) is 4.26. The van der Waals surface area contributed by atoms with Crippen LogP contribution < -0.4 is 20.1 Å². The summed E-state index contributed by atoms with van der Waals surface area (Å²) in [4.78, 5) is 4.14. The molecular formula is C19H25FN4O3S. The zero-order valence-electron chi connectivity index (χ0n) is 16.1. The van der Waals surface area contributed by atoms with E-state index in [4.69, 9.17) is 4.74 Å². The quantitative estimate of drug-likeness (QED) is 0.461. The van der Waals surface area contributed by atoms with Crippen LogP contribution >= 0.6 is 0 Å². The summed E-state index contributed by atoms with van der Waals surface area (Å²) in [6.07, 6.45) is 0.886. The molecule has 0 amide bonds. The highest BCUT2D eigenvalue weighted by atomic mass is 32.2. The molecule has 0 spiro atoms. The second-order valence-corrected chi connectivity index (χ2v) is 7.97. The lowest BCUT2D eigenvalue weighted by Gasteiger charge is -2.18. The first-order valence-electron chi connectivity index (χ1n) is 8.69. The van der Waals surface area contributed by atoms with E-state index in [1.165, 1.54) is 12.1 Å². The SMILES string of the molecule is CN=C(NCc1ccccc1NS(C)(=O)=O)NCC(C)Oc1cccc(F)c1. The minimum absolute atomic E-state index is 0.223. The van der Waals surface area contributed by atoms with Gasteiger partial charge in [-0.3, -0.25) is 9.71 Å². The molecule has 0 aliphatic rings. The number of para-hydroxylation sites is 1. The Kier molecular flexibility index (Phi) is 7.62. The normalized spacial score (nSPS) is 12.9. The average molecular weight is 408 g/mol. The fraction of sp³-hybridized carbons (Fsp3) is 0.316. The molecule has 1 unspecified atom stereocenters. The van der Waals surface area contributed by atoms with Gasteiger partial charge in [0.15, 0.2) is 5.96 Å². The Hall–Kier alpha value is -2.81. The van der Waals surface area contributed by atoms with Crippen molar-refractivity contribution in [3.63, 3.8) is 0 Å². The van der Waals surface area contributed by atoms with E-state index in [0.717, 1.165) is 11.8 Å². The van der Waals surface area contributed by atoms with E-state index in [0.29, 0.717) is 30.5 Å². The van der Waals surface area contributed by atoms with Gasteiger partial charge in [-0.05, 0) is 30.7 Å². The maximum atomic E-state index is 13.2. The van der Waals surface area contributed by atoms with E-state index in [1.54, 1.807) is 31.3 Å². The number of ether oxygens (including phenoxy) is 1. The number of rotatable bonds is 8. The Balaban J connectivity index is 1.88. The number of aliphatic imine (C=N–C) groups is 1. The predicted molar refractivity (Wildman–Crippen MR) is 110 cm³/mol. The summed E-state index contributed by atoms with van der Waals surface area (Å²) in [6, 6.07) is 13.1. The van der Waals surface area contributed by atoms with E-state index in [-0.39, 0.29) is 11.9 Å². The van der Waals surface area contributed by atoms with Crippen molar-refractivity contribution in [2.24, 2.45) is 4.99 Å². The molecule has 0 saturated carbocycles. The van der Waals surface area contributed by atoms with Crippen molar-refractivity contribution < 1.29 is 17.5 Å². The van der Waals surface area contributed by atoms with Gasteiger partial charge in [0.05, 0.1) is 18.5 Å². The van der Waals surface area contributed by atoms with Crippen LogP contribution in [0.2, 0.25) is 0 Å². The minimum Gasteiger partial charge on any atom is -0.489 e. The Bertz CT molecular complexity index is 919. The molecule has 0 fully saturated rings. The molecular weight excluding hydrogens is 383 g/mol. The standard InChI is InChI=1S/C19H25FN4O3S/c1-14(27-17-9-6-8-16(20)11-17)12-22-19(21-2)23-13-15-7-4-5-10-18(15)24-28(3,25)26/h4-11,14,24H,12-13H2,1-3H3,(H2,21,22,23). The van der Waals surface area contributed by atoms with Gasteiger partial charge in [0, 0.05) is 19.7 Å². The molecule has 9 heteroatoms. The summed E-state index contributed by atoms with van der Waals surface area (Å²) >= 11 is 0. The average Bonchev–Trinajstić information content (AvgIpc) is 2.62. The van der Waals surface area contributed by atoms with Crippen molar-refractivity contribution in [1.82, 2.24) is 10.6 Å². The molecule has 2 rings (SSSR count). The first-order chi connectivity index (χ1) is 13.3. The smallest absolute Gasteiger partial charge is 0.229 e. The lowest BCUT2D eigenvalue weighted by molar-refractivity contribution is 0.223. The number of hydrogen-bond acceptors (Lipinski definition) is 4. The molecule has 3 N–H and O–H groups in total. The monoisotopic (exact) mass is 408 g/mol. The highest BCUT2D eigenvalue weighted by Crippen LogP contribution is 2.16. The predicted octanol–water partition coefficient (Wildman–Crippen LogP) is 2.33. The molecule has 0 radical (unpaired) electrons. The highest BCUT2D eigenvalue weighted by Gasteiger charge is 2.09. The minimum atomic E-state index is -3.36. The number of nitrogens with zero attached hydrogens (tertiary/aromatic N) is 1. The second-order valence-electron chi connectivity index (χ2n) is 6.22. The van der Waals surface area contributed by atoms with Crippen molar-refractivity contribution in [2.75, 3.05) is 24.6 Å². The molecule has 0 bridgehead atoms. The molecule has 0 aliphatic carbocycles. The first kappa shape index (κ1) is 21.5. The fourth-order valence-electron chi connectivity index (χ4n) is 2.43. The van der Waals surface area contributed by atoms with Gasteiger partial charge in [-0.25, -0.2) is 12.8 Å². The van der Waals surface area contributed by atoms with Gasteiger partial charge in [0.2, 0.25) is 10.0 Å². The van der Waals surface area contributed by atoms with Crippen LogP contribution in [0.5, 0.6) is 5.75 Å². The summed E-state index contributed by atoms with van der Waals surface area (Å²) in [6.45, 7) is 2.67. The van der Waals surface area contributed by atoms with Gasteiger partial charge >= 0.3 is 0 Å². The topological polar surface area (TPSA) is 91.8 Å². The molecule has 2 aromatic carbocycles. The molecule has 2 aromatic rings. The Labute approximate surface area is 165 Å². The summed E-state index contributed by atoms with van der Waals surface area (Å²) < 4.78 is 44.4. The van der Waals surface area contributed by atoms with Gasteiger partial charge in [-0.15, -0.1) is 0 Å². The second kappa shape index (κ2) is 9.93. The molecule has 152 valence electrons. The molecule has 0 heterocycles. The van der Waals surface area contributed by atoms with E-state index < -0.39 is 10.0 Å². The molecule has 0 aromatic heterocycles. The van der Waals surface area contributed by atoms with Crippen molar-refractivity contribution in [3.05, 3.63) is 59.9 Å². The first-order valence-corrected chi connectivity index (χ1v) is 10.6. The third-order valence-electron chi connectivity index (χ3n) is 3.67. The molecule has 0 saturated heterocycles. The van der Waals surface area contributed by atoms with Crippen LogP contribution in [0.4, 0.5) is 10.1 Å². The third kappa shape index (κ3) is 7.43.